The van der Waals surface area contributed by atoms with Crippen LogP contribution in [-0.2, 0) is 4.32 Å². The Labute approximate surface area is 147 Å². The van der Waals surface area contributed by atoms with Crippen molar-refractivity contribution in [1.29, 1.82) is 0 Å². The van der Waals surface area contributed by atoms with Crippen LogP contribution in [0.5, 0.6) is 0 Å². The van der Waals surface area contributed by atoms with Gasteiger partial charge in [0.1, 0.15) is 4.32 Å². The van der Waals surface area contributed by atoms with E-state index >= 15 is 0 Å². The third-order valence-corrected chi connectivity index (χ3v) is 6.33. The summed E-state index contributed by atoms with van der Waals surface area (Å²) in [4.78, 5) is 0. The minimum atomic E-state index is -0.453. The fourth-order valence-corrected chi connectivity index (χ4v) is 4.45. The first-order valence-electron chi connectivity index (χ1n) is 7.79. The van der Waals surface area contributed by atoms with Crippen LogP contribution in [0.15, 0.2) is 85.0 Å². The number of aryl methyl sites for hydroxylation is 2. The van der Waals surface area contributed by atoms with Crippen LogP contribution in [0.2, 0.25) is 0 Å². The zero-order valence-electron chi connectivity index (χ0n) is 13.7. The van der Waals surface area contributed by atoms with Crippen LogP contribution in [-0.4, -0.2) is 0 Å². The quantitative estimate of drug-likeness (QED) is 0.537. The third-order valence-electron chi connectivity index (χ3n) is 4.97. The van der Waals surface area contributed by atoms with Crippen LogP contribution in [0.25, 0.3) is 0 Å². The molecule has 1 aromatic rings. The normalized spacial score (nSPS) is 28.5. The molecule has 2 aliphatic rings. The molecular formula is C22H21Br. The highest BCUT2D eigenvalue weighted by atomic mass is 79.9. The SMILES string of the molecule is C=CC1=C(C=C)C2(Br)C(=C)/C=C\C=C/C1c1cc(C)c(C)cc12. The zero-order chi connectivity index (χ0) is 16.8. The molecule has 0 radical (unpaired) electrons. The predicted molar refractivity (Wildman–Crippen MR) is 104 cm³/mol. The Bertz CT molecular complexity index is 817. The van der Waals surface area contributed by atoms with E-state index in [1.54, 1.807) is 0 Å². The van der Waals surface area contributed by atoms with Crippen LogP contribution < -0.4 is 0 Å². The molecule has 0 spiro atoms. The monoisotopic (exact) mass is 364 g/mol. The number of halogens is 1. The van der Waals surface area contributed by atoms with Gasteiger partial charge in [-0.1, -0.05) is 84.3 Å². The maximum Gasteiger partial charge on any atom is 0.100 e. The standard InChI is InChI=1S/C22H21Br/c1-6-17-18-11-9-8-10-16(5)22(23,20(17)7-2)21-13-15(4)14(3)12-19(18)21/h6-13,18H,1-2,5H2,3-4H3/b10-8-,11-9-. The second-order valence-electron chi connectivity index (χ2n) is 6.21. The van der Waals surface area contributed by atoms with Gasteiger partial charge in [-0.3, -0.25) is 0 Å². The Morgan fingerprint density at radius 1 is 1.09 bits per heavy atom. The number of hydrogen-bond donors (Lipinski definition) is 0. The highest BCUT2D eigenvalue weighted by Gasteiger charge is 2.43. The van der Waals surface area contributed by atoms with E-state index in [9.17, 15) is 0 Å². The molecule has 0 aliphatic heterocycles. The van der Waals surface area contributed by atoms with E-state index in [1.165, 1.54) is 27.8 Å². The Balaban J connectivity index is 2.50. The molecule has 116 valence electrons. The first-order chi connectivity index (χ1) is 10.9. The van der Waals surface area contributed by atoms with Gasteiger partial charge in [0.15, 0.2) is 0 Å². The first-order valence-corrected chi connectivity index (χ1v) is 8.58. The lowest BCUT2D eigenvalue weighted by molar-refractivity contribution is 0.807. The summed E-state index contributed by atoms with van der Waals surface area (Å²) in [5.41, 5.74) is 8.49. The van der Waals surface area contributed by atoms with Crippen molar-refractivity contribution in [1.82, 2.24) is 0 Å². The van der Waals surface area contributed by atoms with E-state index in [0.717, 1.165) is 11.1 Å². The first kappa shape index (κ1) is 16.0. The van der Waals surface area contributed by atoms with Crippen LogP contribution in [0.3, 0.4) is 0 Å². The second kappa shape index (κ2) is 5.65. The topological polar surface area (TPSA) is 0 Å². The van der Waals surface area contributed by atoms with Crippen LogP contribution >= 0.6 is 15.9 Å². The largest absolute Gasteiger partial charge is 0.100 e. The number of rotatable bonds is 2. The molecule has 0 heterocycles. The van der Waals surface area contributed by atoms with Gasteiger partial charge in [0.05, 0.1) is 0 Å². The van der Waals surface area contributed by atoms with Crippen LogP contribution in [0, 0.1) is 13.8 Å². The van der Waals surface area contributed by atoms with Gasteiger partial charge in [-0.15, -0.1) is 0 Å². The van der Waals surface area contributed by atoms with Gasteiger partial charge in [-0.2, -0.15) is 0 Å². The average molecular weight is 365 g/mol. The maximum absolute atomic E-state index is 4.34. The van der Waals surface area contributed by atoms with Gasteiger partial charge < -0.3 is 0 Å². The molecule has 23 heavy (non-hydrogen) atoms. The summed E-state index contributed by atoms with van der Waals surface area (Å²) in [6.45, 7) is 16.8. The van der Waals surface area contributed by atoms with Crippen molar-refractivity contribution < 1.29 is 0 Å². The maximum atomic E-state index is 4.34. The average Bonchev–Trinajstić information content (AvgIpc) is 2.61. The second-order valence-corrected chi connectivity index (χ2v) is 7.40. The lowest BCUT2D eigenvalue weighted by atomic mass is 9.69. The molecule has 2 unspecified atom stereocenters. The molecule has 0 aromatic heterocycles. The van der Waals surface area contributed by atoms with Gasteiger partial charge in [0, 0.05) is 5.92 Å². The summed E-state index contributed by atoms with van der Waals surface area (Å²) < 4.78 is -0.453. The fraction of sp³-hybridized carbons (Fsp3) is 0.182. The van der Waals surface area contributed by atoms with Gasteiger partial charge in [-0.25, -0.2) is 0 Å². The summed E-state index contributed by atoms with van der Waals surface area (Å²) in [6.07, 6.45) is 12.4. The molecule has 0 saturated heterocycles. The number of hydrogen-bond acceptors (Lipinski definition) is 0. The third kappa shape index (κ3) is 2.18. The highest BCUT2D eigenvalue weighted by Crippen LogP contribution is 2.55. The van der Waals surface area contributed by atoms with Crippen molar-refractivity contribution in [3.05, 3.63) is 107 Å². The van der Waals surface area contributed by atoms with Gasteiger partial charge in [0.25, 0.3) is 0 Å². The van der Waals surface area contributed by atoms with Gasteiger partial charge in [-0.05, 0) is 52.8 Å². The minimum Gasteiger partial charge on any atom is -0.0987 e. The van der Waals surface area contributed by atoms with E-state index in [1.807, 2.05) is 12.2 Å². The zero-order valence-corrected chi connectivity index (χ0v) is 15.3. The fourth-order valence-electron chi connectivity index (χ4n) is 3.58. The number of benzene rings is 1. The lowest BCUT2D eigenvalue weighted by Crippen LogP contribution is -2.30. The highest BCUT2D eigenvalue weighted by molar-refractivity contribution is 9.10. The molecule has 0 fully saturated rings. The Morgan fingerprint density at radius 3 is 2.43 bits per heavy atom. The molecular weight excluding hydrogens is 344 g/mol. The molecule has 2 aliphatic carbocycles. The minimum absolute atomic E-state index is 0.191. The Morgan fingerprint density at radius 2 is 1.78 bits per heavy atom. The van der Waals surface area contributed by atoms with Crippen molar-refractivity contribution >= 4 is 15.9 Å². The molecule has 0 amide bonds. The molecule has 2 atom stereocenters. The predicted octanol–water partition coefficient (Wildman–Crippen LogP) is 6.34. The van der Waals surface area contributed by atoms with E-state index in [0.29, 0.717) is 0 Å². The summed E-state index contributed by atoms with van der Waals surface area (Å²) in [6, 6.07) is 4.59. The van der Waals surface area contributed by atoms with E-state index < -0.39 is 4.32 Å². The molecule has 3 rings (SSSR count). The summed E-state index contributed by atoms with van der Waals surface area (Å²) in [5, 5.41) is 0. The Hall–Kier alpha value is -1.86. The summed E-state index contributed by atoms with van der Waals surface area (Å²) >= 11 is 4.03. The number of fused-ring (bicyclic) bond motifs is 5. The lowest BCUT2D eigenvalue weighted by Gasteiger charge is -2.40. The van der Waals surface area contributed by atoms with Gasteiger partial charge in [0.2, 0.25) is 0 Å². The van der Waals surface area contributed by atoms with Gasteiger partial charge >= 0.3 is 0 Å². The van der Waals surface area contributed by atoms with Crippen molar-refractivity contribution in [2.45, 2.75) is 24.1 Å². The van der Waals surface area contributed by atoms with Crippen molar-refractivity contribution in [2.75, 3.05) is 0 Å². The smallest absolute Gasteiger partial charge is 0.0987 e. The summed E-state index contributed by atoms with van der Waals surface area (Å²) in [7, 11) is 0. The van der Waals surface area contributed by atoms with E-state index in [2.05, 4.69) is 86.0 Å². The summed E-state index contributed by atoms with van der Waals surface area (Å²) in [5.74, 6) is 0.191. The van der Waals surface area contributed by atoms with Crippen molar-refractivity contribution in [2.24, 2.45) is 0 Å². The number of allylic oxidation sites excluding steroid dienone is 9. The molecule has 0 N–H and O–H groups in total. The molecule has 2 bridgehead atoms. The molecule has 1 aromatic carbocycles. The molecule has 1 heteroatoms. The Kier molecular flexibility index (Phi) is 3.93. The van der Waals surface area contributed by atoms with Crippen molar-refractivity contribution in [3.8, 4) is 0 Å². The van der Waals surface area contributed by atoms with Crippen molar-refractivity contribution in [3.63, 3.8) is 0 Å². The molecule has 0 saturated carbocycles. The molecule has 0 nitrogen and oxygen atoms in total. The van der Waals surface area contributed by atoms with E-state index in [-0.39, 0.29) is 5.92 Å². The number of alkyl halides is 1. The van der Waals surface area contributed by atoms with E-state index in [4.69, 9.17) is 0 Å². The van der Waals surface area contributed by atoms with Crippen LogP contribution in [0.1, 0.15) is 28.2 Å². The van der Waals surface area contributed by atoms with Crippen LogP contribution in [0.4, 0.5) is 0 Å².